The van der Waals surface area contributed by atoms with Crippen molar-refractivity contribution >= 4 is 15.8 Å². The number of piperidine rings is 1. The van der Waals surface area contributed by atoms with Gasteiger partial charge in [-0.15, -0.1) is 0 Å². The SMILES string of the molecule is C[C@@H]1CCCN(c2ccccc2OS(=O)(=O)c2cnn([C@@H]3CCOC3)c2)C1. The van der Waals surface area contributed by atoms with Gasteiger partial charge in [0.25, 0.3) is 0 Å². The number of hydrogen-bond acceptors (Lipinski definition) is 6. The molecule has 2 aromatic rings. The minimum atomic E-state index is -3.95. The van der Waals surface area contributed by atoms with Crippen LogP contribution in [0.3, 0.4) is 0 Å². The Kier molecular flexibility index (Phi) is 5.10. The van der Waals surface area contributed by atoms with Crippen LogP contribution >= 0.6 is 0 Å². The molecule has 0 unspecified atom stereocenters. The summed E-state index contributed by atoms with van der Waals surface area (Å²) in [6.45, 7) is 5.25. The van der Waals surface area contributed by atoms with Gasteiger partial charge in [0.2, 0.25) is 0 Å². The first-order chi connectivity index (χ1) is 13.0. The van der Waals surface area contributed by atoms with Crippen molar-refractivity contribution < 1.29 is 17.3 Å². The lowest BCUT2D eigenvalue weighted by Gasteiger charge is -2.33. The van der Waals surface area contributed by atoms with E-state index in [4.69, 9.17) is 8.92 Å². The minimum absolute atomic E-state index is 0.0659. The molecule has 0 amide bonds. The van der Waals surface area contributed by atoms with Gasteiger partial charge < -0.3 is 13.8 Å². The summed E-state index contributed by atoms with van der Waals surface area (Å²) in [7, 11) is -3.95. The molecule has 7 nitrogen and oxygen atoms in total. The van der Waals surface area contributed by atoms with Crippen molar-refractivity contribution in [2.45, 2.75) is 37.1 Å². The van der Waals surface area contributed by atoms with Crippen LogP contribution in [0.2, 0.25) is 0 Å². The number of benzene rings is 1. The van der Waals surface area contributed by atoms with Crippen LogP contribution in [0.4, 0.5) is 5.69 Å². The highest BCUT2D eigenvalue weighted by molar-refractivity contribution is 7.87. The van der Waals surface area contributed by atoms with Crippen molar-refractivity contribution in [1.82, 2.24) is 9.78 Å². The predicted octanol–water partition coefficient (Wildman–Crippen LogP) is 2.85. The quantitative estimate of drug-likeness (QED) is 0.730. The normalized spacial score (nSPS) is 23.5. The van der Waals surface area contributed by atoms with Crippen molar-refractivity contribution in [1.29, 1.82) is 0 Å². The summed E-state index contributed by atoms with van der Waals surface area (Å²) in [5.74, 6) is 0.943. The molecule has 4 rings (SSSR count). The third-order valence-corrected chi connectivity index (χ3v) is 6.40. The van der Waals surface area contributed by atoms with E-state index in [1.54, 1.807) is 16.8 Å². The van der Waals surface area contributed by atoms with E-state index in [9.17, 15) is 8.42 Å². The van der Waals surface area contributed by atoms with Crippen molar-refractivity contribution in [3.63, 3.8) is 0 Å². The molecule has 8 heteroatoms. The second-order valence-corrected chi connectivity index (χ2v) is 8.92. The molecule has 0 N–H and O–H groups in total. The summed E-state index contributed by atoms with van der Waals surface area (Å²) in [4.78, 5) is 2.27. The third kappa shape index (κ3) is 3.96. The molecular formula is C19H25N3O4S. The second kappa shape index (κ2) is 7.52. The zero-order valence-electron chi connectivity index (χ0n) is 15.5. The Bertz CT molecular complexity index is 890. The van der Waals surface area contributed by atoms with Crippen LogP contribution in [0, 0.1) is 5.92 Å². The second-order valence-electron chi connectivity index (χ2n) is 7.37. The van der Waals surface area contributed by atoms with Gasteiger partial charge in [-0.1, -0.05) is 19.1 Å². The van der Waals surface area contributed by atoms with Crippen molar-refractivity contribution in [3.05, 3.63) is 36.7 Å². The molecule has 3 heterocycles. The van der Waals surface area contributed by atoms with E-state index in [1.165, 1.54) is 18.8 Å². The maximum Gasteiger partial charge on any atom is 0.342 e. The number of rotatable bonds is 5. The van der Waals surface area contributed by atoms with Gasteiger partial charge in [-0.05, 0) is 37.3 Å². The number of ether oxygens (including phenoxy) is 1. The van der Waals surface area contributed by atoms with Crippen LogP contribution in [0.15, 0.2) is 41.6 Å². The molecule has 1 aromatic heterocycles. The predicted molar refractivity (Wildman–Crippen MR) is 102 cm³/mol. The molecule has 0 aliphatic carbocycles. The Hall–Kier alpha value is -2.06. The highest BCUT2D eigenvalue weighted by atomic mass is 32.2. The highest BCUT2D eigenvalue weighted by Gasteiger charge is 2.26. The summed E-state index contributed by atoms with van der Waals surface area (Å²) in [5, 5.41) is 4.20. The zero-order chi connectivity index (χ0) is 18.9. The van der Waals surface area contributed by atoms with E-state index in [0.717, 1.165) is 31.6 Å². The average Bonchev–Trinajstić information content (AvgIpc) is 3.34. The first-order valence-corrected chi connectivity index (χ1v) is 10.8. The molecule has 0 saturated carbocycles. The fourth-order valence-electron chi connectivity index (χ4n) is 3.74. The Morgan fingerprint density at radius 2 is 2.11 bits per heavy atom. The average molecular weight is 391 g/mol. The molecule has 1 aromatic carbocycles. The van der Waals surface area contributed by atoms with Gasteiger partial charge >= 0.3 is 10.1 Å². The van der Waals surface area contributed by atoms with Gasteiger partial charge in [-0.2, -0.15) is 13.5 Å². The highest BCUT2D eigenvalue weighted by Crippen LogP contribution is 2.33. The number of nitrogens with zero attached hydrogens (tertiary/aromatic N) is 3. The van der Waals surface area contributed by atoms with Crippen LogP contribution in [0.1, 0.15) is 32.2 Å². The lowest BCUT2D eigenvalue weighted by Crippen LogP contribution is -2.34. The summed E-state index contributed by atoms with van der Waals surface area (Å²) < 4.78 is 38.1. The molecule has 2 aliphatic rings. The van der Waals surface area contributed by atoms with E-state index >= 15 is 0 Å². The van der Waals surface area contributed by atoms with E-state index in [2.05, 4.69) is 16.9 Å². The molecule has 0 bridgehead atoms. The Labute approximate surface area is 160 Å². The molecule has 2 fully saturated rings. The summed E-state index contributed by atoms with van der Waals surface area (Å²) in [6.07, 6.45) is 6.00. The number of para-hydroxylation sites is 2. The van der Waals surface area contributed by atoms with E-state index in [-0.39, 0.29) is 10.9 Å². The molecule has 146 valence electrons. The van der Waals surface area contributed by atoms with Crippen LogP contribution < -0.4 is 9.08 Å². The van der Waals surface area contributed by atoms with Crippen molar-refractivity contribution in [3.8, 4) is 5.75 Å². The van der Waals surface area contributed by atoms with Gasteiger partial charge in [0.05, 0.1) is 24.5 Å². The molecule has 0 spiro atoms. The van der Waals surface area contributed by atoms with Crippen molar-refractivity contribution in [2.75, 3.05) is 31.2 Å². The lowest BCUT2D eigenvalue weighted by atomic mass is 10.00. The van der Waals surface area contributed by atoms with E-state index in [1.807, 2.05) is 12.1 Å². The summed E-state index contributed by atoms with van der Waals surface area (Å²) >= 11 is 0. The van der Waals surface area contributed by atoms with Gasteiger partial charge in [-0.25, -0.2) is 0 Å². The maximum atomic E-state index is 12.8. The molecule has 2 atom stereocenters. The number of aromatic nitrogens is 2. The standard InChI is InChI=1S/C19H25N3O4S/c1-15-5-4-9-21(12-15)18-6-2-3-7-19(18)26-27(23,24)17-11-20-22(13-17)16-8-10-25-14-16/h2-3,6-7,11,13,15-16H,4-5,8-10,12,14H2,1H3/t15-,16-/m1/s1. The smallest absolute Gasteiger partial charge is 0.342 e. The van der Waals surface area contributed by atoms with Crippen LogP contribution in [-0.2, 0) is 14.9 Å². The first-order valence-electron chi connectivity index (χ1n) is 9.43. The fourth-order valence-corrected chi connectivity index (χ4v) is 4.63. The van der Waals surface area contributed by atoms with Crippen LogP contribution in [0.5, 0.6) is 5.75 Å². The molecule has 27 heavy (non-hydrogen) atoms. The van der Waals surface area contributed by atoms with Gasteiger partial charge in [-0.3, -0.25) is 4.68 Å². The Morgan fingerprint density at radius 3 is 2.89 bits per heavy atom. The number of hydrogen-bond donors (Lipinski definition) is 0. The maximum absolute atomic E-state index is 12.8. The van der Waals surface area contributed by atoms with Crippen molar-refractivity contribution in [2.24, 2.45) is 5.92 Å². The largest absolute Gasteiger partial charge is 0.379 e. The fraction of sp³-hybridized carbons (Fsp3) is 0.526. The third-order valence-electron chi connectivity index (χ3n) is 5.21. The Morgan fingerprint density at radius 1 is 1.26 bits per heavy atom. The van der Waals surface area contributed by atoms with E-state index in [0.29, 0.717) is 24.9 Å². The number of anilines is 1. The topological polar surface area (TPSA) is 73.7 Å². The summed E-state index contributed by atoms with van der Waals surface area (Å²) in [5.41, 5.74) is 0.823. The van der Waals surface area contributed by atoms with Gasteiger partial charge in [0.15, 0.2) is 5.75 Å². The van der Waals surface area contributed by atoms with Crippen LogP contribution in [-0.4, -0.2) is 44.5 Å². The van der Waals surface area contributed by atoms with Gasteiger partial charge in [0.1, 0.15) is 4.90 Å². The zero-order valence-corrected chi connectivity index (χ0v) is 16.3. The van der Waals surface area contributed by atoms with Crippen LogP contribution in [0.25, 0.3) is 0 Å². The monoisotopic (exact) mass is 391 g/mol. The first kappa shape index (κ1) is 18.3. The molecule has 2 aliphatic heterocycles. The van der Waals surface area contributed by atoms with E-state index < -0.39 is 10.1 Å². The van der Waals surface area contributed by atoms with Gasteiger partial charge in [0, 0.05) is 25.9 Å². The minimum Gasteiger partial charge on any atom is -0.379 e. The Balaban J connectivity index is 1.56. The molecule has 0 radical (unpaired) electrons. The molecular weight excluding hydrogens is 366 g/mol. The summed E-state index contributed by atoms with van der Waals surface area (Å²) in [6, 6.07) is 7.41. The lowest BCUT2D eigenvalue weighted by molar-refractivity contribution is 0.184. The molecule has 2 saturated heterocycles.